The smallest absolute Gasteiger partial charge is 0.221 e. The van der Waals surface area contributed by atoms with Crippen molar-refractivity contribution in [1.82, 2.24) is 9.55 Å². The number of carbonyl (C=O) groups is 1. The summed E-state index contributed by atoms with van der Waals surface area (Å²) in [5, 5.41) is 15.6. The number of halogens is 1. The molecule has 0 fully saturated rings. The molecule has 2 aromatic heterocycles. The Hall–Kier alpha value is -4.59. The number of benzene rings is 3. The maximum Gasteiger partial charge on any atom is 0.221 e. The van der Waals surface area contributed by atoms with Crippen LogP contribution in [-0.4, -0.2) is 27.7 Å². The molecular weight excluding hydrogens is 473 g/mol. The van der Waals surface area contributed by atoms with Gasteiger partial charge in [-0.1, -0.05) is 24.3 Å². The zero-order valence-corrected chi connectivity index (χ0v) is 20.7. The number of ether oxygens (including phenoxy) is 2. The minimum absolute atomic E-state index is 0.00502. The van der Waals surface area contributed by atoms with Crippen molar-refractivity contribution in [2.75, 3.05) is 12.4 Å². The molecule has 7 nitrogen and oxygen atoms in total. The Morgan fingerprint density at radius 1 is 1.05 bits per heavy atom. The van der Waals surface area contributed by atoms with E-state index in [1.54, 1.807) is 43.3 Å². The van der Waals surface area contributed by atoms with Crippen molar-refractivity contribution in [3.63, 3.8) is 0 Å². The highest BCUT2D eigenvalue weighted by Gasteiger charge is 2.23. The number of methoxy groups -OCH3 is 1. The van der Waals surface area contributed by atoms with Crippen LogP contribution in [0, 0.1) is 5.82 Å². The predicted octanol–water partition coefficient (Wildman–Crippen LogP) is 5.71. The topological polar surface area (TPSA) is 85.6 Å². The van der Waals surface area contributed by atoms with Gasteiger partial charge in [0, 0.05) is 37.1 Å². The predicted molar refractivity (Wildman–Crippen MR) is 141 cm³/mol. The third kappa shape index (κ3) is 4.78. The molecule has 0 aliphatic heterocycles. The average Bonchev–Trinajstić information content (AvgIpc) is 3.19. The number of carbonyl (C=O) groups excluding carboxylic acids is 1. The molecule has 5 aromatic rings. The molecule has 0 atom stereocenters. The van der Waals surface area contributed by atoms with Gasteiger partial charge in [0.2, 0.25) is 11.8 Å². The summed E-state index contributed by atoms with van der Waals surface area (Å²) >= 11 is 0. The van der Waals surface area contributed by atoms with Crippen molar-refractivity contribution in [1.29, 1.82) is 0 Å². The van der Waals surface area contributed by atoms with E-state index in [0.29, 0.717) is 39.5 Å². The third-order valence-corrected chi connectivity index (χ3v) is 6.24. The molecule has 1 amide bonds. The summed E-state index contributed by atoms with van der Waals surface area (Å²) in [4.78, 5) is 16.9. The number of anilines is 1. The van der Waals surface area contributed by atoms with Gasteiger partial charge in [-0.2, -0.15) is 0 Å². The number of aryl methyl sites for hydroxylation is 1. The van der Waals surface area contributed by atoms with Gasteiger partial charge < -0.3 is 24.5 Å². The Kier molecular flexibility index (Phi) is 6.40. The summed E-state index contributed by atoms with van der Waals surface area (Å²) in [7, 11) is 3.33. The molecule has 2 N–H and O–H groups in total. The van der Waals surface area contributed by atoms with Crippen molar-refractivity contribution in [2.45, 2.75) is 20.0 Å². The number of aromatic hydroxyl groups is 1. The van der Waals surface area contributed by atoms with E-state index in [2.05, 4.69) is 5.32 Å². The number of nitrogens with one attached hydrogen (secondary N) is 1. The lowest BCUT2D eigenvalue weighted by molar-refractivity contribution is -0.114. The standard InChI is InChI=1S/C29H26FN3O4/c1-17(34)32-26-23-13-20(12-18-4-8-21(30)9-5-18)14-31-27(23)28(25-24(26)15-33(2)29(25)35)37-16-19-6-10-22(36-3)11-7-19/h4-11,13-15,35H,12,16H2,1-3H3,(H,32,34). The van der Waals surface area contributed by atoms with Crippen LogP contribution in [0.3, 0.4) is 0 Å². The highest BCUT2D eigenvalue weighted by atomic mass is 19.1. The summed E-state index contributed by atoms with van der Waals surface area (Å²) in [6, 6.07) is 15.8. The Morgan fingerprint density at radius 2 is 1.76 bits per heavy atom. The largest absolute Gasteiger partial charge is 0.497 e. The number of amides is 1. The second kappa shape index (κ2) is 9.81. The highest BCUT2D eigenvalue weighted by molar-refractivity contribution is 6.19. The second-order valence-corrected chi connectivity index (χ2v) is 8.92. The molecule has 0 saturated heterocycles. The van der Waals surface area contributed by atoms with Gasteiger partial charge in [0.25, 0.3) is 0 Å². The van der Waals surface area contributed by atoms with Crippen LogP contribution < -0.4 is 14.8 Å². The second-order valence-electron chi connectivity index (χ2n) is 8.92. The summed E-state index contributed by atoms with van der Waals surface area (Å²) in [5.41, 5.74) is 3.77. The van der Waals surface area contributed by atoms with E-state index in [4.69, 9.17) is 14.5 Å². The van der Waals surface area contributed by atoms with Crippen molar-refractivity contribution in [3.8, 4) is 17.4 Å². The Morgan fingerprint density at radius 3 is 2.43 bits per heavy atom. The molecule has 0 spiro atoms. The van der Waals surface area contributed by atoms with Crippen molar-refractivity contribution in [2.24, 2.45) is 7.05 Å². The SMILES string of the molecule is COc1ccc(COc2c3ncc(Cc4ccc(F)cc4)cc3c(NC(C)=O)c3cn(C)c(O)c23)cc1. The van der Waals surface area contributed by atoms with E-state index < -0.39 is 0 Å². The number of pyridine rings is 1. The molecule has 0 unspecified atom stereocenters. The molecular formula is C29H26FN3O4. The molecule has 0 aliphatic rings. The van der Waals surface area contributed by atoms with Gasteiger partial charge >= 0.3 is 0 Å². The molecule has 37 heavy (non-hydrogen) atoms. The van der Waals surface area contributed by atoms with Gasteiger partial charge in [-0.05, 0) is 53.4 Å². The molecule has 8 heteroatoms. The maximum atomic E-state index is 13.4. The Balaban J connectivity index is 1.65. The number of rotatable bonds is 7. The summed E-state index contributed by atoms with van der Waals surface area (Å²) in [6.07, 6.45) is 4.01. The van der Waals surface area contributed by atoms with Gasteiger partial charge in [0.15, 0.2) is 5.75 Å². The van der Waals surface area contributed by atoms with Crippen LogP contribution in [0.15, 0.2) is 67.0 Å². The molecule has 2 heterocycles. The summed E-state index contributed by atoms with van der Waals surface area (Å²) in [6.45, 7) is 1.67. The van der Waals surface area contributed by atoms with Crippen LogP contribution in [0.25, 0.3) is 21.7 Å². The lowest BCUT2D eigenvalue weighted by Gasteiger charge is -2.16. The fraction of sp³-hybridized carbons (Fsp3) is 0.172. The lowest BCUT2D eigenvalue weighted by atomic mass is 10.0. The number of nitrogens with zero attached hydrogens (tertiary/aromatic N) is 2. The summed E-state index contributed by atoms with van der Waals surface area (Å²) < 4.78 is 26.5. The zero-order chi connectivity index (χ0) is 26.1. The monoisotopic (exact) mass is 499 g/mol. The zero-order valence-electron chi connectivity index (χ0n) is 20.7. The first-order chi connectivity index (χ1) is 17.8. The lowest BCUT2D eigenvalue weighted by Crippen LogP contribution is -2.08. The minimum Gasteiger partial charge on any atom is -0.497 e. The van der Waals surface area contributed by atoms with Gasteiger partial charge in [0.05, 0.1) is 18.2 Å². The first kappa shape index (κ1) is 24.1. The van der Waals surface area contributed by atoms with E-state index in [0.717, 1.165) is 22.4 Å². The normalized spacial score (nSPS) is 11.1. The fourth-order valence-corrected chi connectivity index (χ4v) is 4.44. The Labute approximate surface area is 213 Å². The van der Waals surface area contributed by atoms with Crippen LogP contribution in [0.2, 0.25) is 0 Å². The highest BCUT2D eigenvalue weighted by Crippen LogP contribution is 2.45. The van der Waals surface area contributed by atoms with Crippen LogP contribution in [0.5, 0.6) is 17.4 Å². The van der Waals surface area contributed by atoms with Gasteiger partial charge in [-0.3, -0.25) is 9.78 Å². The maximum absolute atomic E-state index is 13.4. The van der Waals surface area contributed by atoms with Gasteiger partial charge in [0.1, 0.15) is 23.7 Å². The van der Waals surface area contributed by atoms with Crippen LogP contribution in [-0.2, 0) is 24.9 Å². The van der Waals surface area contributed by atoms with Crippen molar-refractivity contribution < 1.29 is 23.8 Å². The first-order valence-electron chi connectivity index (χ1n) is 11.7. The number of hydrogen-bond donors (Lipinski definition) is 2. The molecule has 0 bridgehead atoms. The quantitative estimate of drug-likeness (QED) is 0.300. The van der Waals surface area contributed by atoms with Crippen LogP contribution in [0.1, 0.15) is 23.6 Å². The van der Waals surface area contributed by atoms with Crippen LogP contribution in [0.4, 0.5) is 10.1 Å². The summed E-state index contributed by atoms with van der Waals surface area (Å²) in [5.74, 6) is 0.624. The van der Waals surface area contributed by atoms with Crippen molar-refractivity contribution in [3.05, 3.63) is 89.5 Å². The number of aromatic nitrogens is 2. The first-order valence-corrected chi connectivity index (χ1v) is 11.7. The minimum atomic E-state index is -0.293. The van der Waals surface area contributed by atoms with Crippen LogP contribution >= 0.6 is 0 Å². The number of hydrogen-bond acceptors (Lipinski definition) is 5. The number of fused-ring (bicyclic) bond motifs is 2. The van der Waals surface area contributed by atoms with E-state index in [1.165, 1.54) is 19.1 Å². The average molecular weight is 500 g/mol. The fourth-order valence-electron chi connectivity index (χ4n) is 4.44. The molecule has 0 saturated carbocycles. The molecule has 5 rings (SSSR count). The Bertz CT molecular complexity index is 1610. The molecule has 0 aliphatic carbocycles. The van der Waals surface area contributed by atoms with E-state index >= 15 is 0 Å². The van der Waals surface area contributed by atoms with E-state index in [9.17, 15) is 14.3 Å². The molecule has 0 radical (unpaired) electrons. The third-order valence-electron chi connectivity index (χ3n) is 6.24. The molecule has 188 valence electrons. The van der Waals surface area contributed by atoms with E-state index in [-0.39, 0.29) is 24.2 Å². The van der Waals surface area contributed by atoms with Crippen molar-refractivity contribution >= 4 is 33.3 Å². The van der Waals surface area contributed by atoms with Gasteiger partial charge in [-0.25, -0.2) is 4.39 Å². The van der Waals surface area contributed by atoms with E-state index in [1.807, 2.05) is 30.3 Å². The molecule has 3 aromatic carbocycles. The van der Waals surface area contributed by atoms with Gasteiger partial charge in [-0.15, -0.1) is 0 Å².